The van der Waals surface area contributed by atoms with Gasteiger partial charge >= 0.3 is 0 Å². The van der Waals surface area contributed by atoms with Crippen LogP contribution in [0, 0.1) is 6.92 Å². The second-order valence-corrected chi connectivity index (χ2v) is 11.2. The molecule has 0 spiro atoms. The highest BCUT2D eigenvalue weighted by Gasteiger charge is 2.42. The molecule has 2 N–H and O–H groups in total. The number of hydrogen-bond acceptors (Lipinski definition) is 5. The first kappa shape index (κ1) is 25.4. The van der Waals surface area contributed by atoms with Gasteiger partial charge in [-0.1, -0.05) is 68.0 Å². The van der Waals surface area contributed by atoms with Crippen molar-refractivity contribution in [1.82, 2.24) is 20.4 Å². The third-order valence-electron chi connectivity index (χ3n) is 8.46. The van der Waals surface area contributed by atoms with E-state index in [0.717, 1.165) is 71.6 Å². The van der Waals surface area contributed by atoms with Gasteiger partial charge in [-0.05, 0) is 54.5 Å². The number of piperidine rings is 1. The molecule has 38 heavy (non-hydrogen) atoms. The van der Waals surface area contributed by atoms with E-state index in [1.54, 1.807) is 16.7 Å². The average molecular weight is 510 g/mol. The predicted octanol–water partition coefficient (Wildman–Crippen LogP) is 4.83. The van der Waals surface area contributed by atoms with Crippen molar-refractivity contribution in [2.24, 2.45) is 0 Å². The molecule has 6 rings (SSSR count). The Balaban J connectivity index is 1.46. The number of allylic oxidation sites excluding steroid dienone is 1. The molecule has 0 saturated carbocycles. The van der Waals surface area contributed by atoms with E-state index >= 15 is 0 Å². The molecule has 4 aliphatic heterocycles. The van der Waals surface area contributed by atoms with Crippen LogP contribution in [0.2, 0.25) is 0 Å². The Morgan fingerprint density at radius 3 is 2.45 bits per heavy atom. The van der Waals surface area contributed by atoms with Crippen LogP contribution in [0.1, 0.15) is 37.3 Å². The Kier molecular flexibility index (Phi) is 7.68. The summed E-state index contributed by atoms with van der Waals surface area (Å²) in [6, 6.07) is 20.4. The van der Waals surface area contributed by atoms with Gasteiger partial charge < -0.3 is 15.5 Å². The molecule has 4 heterocycles. The lowest BCUT2D eigenvalue weighted by atomic mass is 9.84. The minimum absolute atomic E-state index is 0.482. The van der Waals surface area contributed by atoms with Gasteiger partial charge in [0.05, 0.1) is 5.69 Å². The predicted molar refractivity (Wildman–Crippen MR) is 158 cm³/mol. The number of fused-ring (bicyclic) bond motifs is 1. The van der Waals surface area contributed by atoms with Gasteiger partial charge in [0.25, 0.3) is 0 Å². The Morgan fingerprint density at radius 2 is 1.71 bits per heavy atom. The number of nitrogens with one attached hydrogen (secondary N) is 2. The minimum Gasteiger partial charge on any atom is -0.355 e. The fourth-order valence-corrected chi connectivity index (χ4v) is 6.37. The Bertz CT molecular complexity index is 1220. The molecular formula is C33H43N5. The van der Waals surface area contributed by atoms with Gasteiger partial charge in [-0.2, -0.15) is 0 Å². The van der Waals surface area contributed by atoms with Crippen LogP contribution < -0.4 is 15.5 Å². The van der Waals surface area contributed by atoms with Crippen molar-refractivity contribution in [3.63, 3.8) is 0 Å². The first-order chi connectivity index (χ1) is 18.7. The lowest BCUT2D eigenvalue weighted by Gasteiger charge is -2.47. The van der Waals surface area contributed by atoms with Crippen molar-refractivity contribution in [2.45, 2.75) is 45.6 Å². The summed E-state index contributed by atoms with van der Waals surface area (Å²) in [7, 11) is 0. The third-order valence-corrected chi connectivity index (χ3v) is 8.46. The smallest absolute Gasteiger partial charge is 0.118 e. The lowest BCUT2D eigenvalue weighted by Crippen LogP contribution is -2.50. The standard InChI is InChI=1S/C33H43N5/c1-3-4-13-31-32(29-23-35-29)27-16-20-36(19-15-26-11-6-5-7-12-26)24-28(27)33(37-21-17-34-18-22-37)38(31)30-14-9-8-10-25(30)2/h5-14,29,34-35H,3-4,15-24H2,1-2H3/b31-13+. The number of rotatable bonds is 8. The molecule has 0 amide bonds. The van der Waals surface area contributed by atoms with Crippen LogP contribution >= 0.6 is 0 Å². The number of piperazine rings is 1. The summed E-state index contributed by atoms with van der Waals surface area (Å²) in [6.45, 7) is 13.1. The molecule has 5 heteroatoms. The summed E-state index contributed by atoms with van der Waals surface area (Å²) in [5.74, 6) is 1.44. The number of para-hydroxylation sites is 1. The highest BCUT2D eigenvalue weighted by molar-refractivity contribution is 5.73. The molecule has 4 aliphatic rings. The first-order valence-electron chi connectivity index (χ1n) is 14.7. The maximum absolute atomic E-state index is 3.70. The second-order valence-electron chi connectivity index (χ2n) is 11.2. The Morgan fingerprint density at radius 1 is 0.947 bits per heavy atom. The van der Waals surface area contributed by atoms with Gasteiger partial charge in [-0.25, -0.2) is 0 Å². The molecule has 3 fully saturated rings. The van der Waals surface area contributed by atoms with E-state index in [-0.39, 0.29) is 0 Å². The van der Waals surface area contributed by atoms with Gasteiger partial charge in [0.1, 0.15) is 5.82 Å². The molecule has 0 aliphatic carbocycles. The van der Waals surface area contributed by atoms with Crippen molar-refractivity contribution >= 4 is 5.69 Å². The summed E-state index contributed by atoms with van der Waals surface area (Å²) in [6.07, 6.45) is 7.05. The summed E-state index contributed by atoms with van der Waals surface area (Å²) in [4.78, 5) is 8.03. The van der Waals surface area contributed by atoms with Gasteiger partial charge in [-0.3, -0.25) is 9.80 Å². The fourth-order valence-electron chi connectivity index (χ4n) is 6.37. The second kappa shape index (κ2) is 11.5. The zero-order valence-corrected chi connectivity index (χ0v) is 23.2. The van der Waals surface area contributed by atoms with Gasteiger partial charge in [0, 0.05) is 69.7 Å². The van der Waals surface area contributed by atoms with Crippen molar-refractivity contribution in [3.8, 4) is 0 Å². The number of likely N-dealkylation sites (tertiary alicyclic amines) is 1. The Hall–Kier alpha value is -2.86. The van der Waals surface area contributed by atoms with Crippen molar-refractivity contribution in [2.75, 3.05) is 57.3 Å². The van der Waals surface area contributed by atoms with E-state index < -0.39 is 0 Å². The zero-order chi connectivity index (χ0) is 25.9. The van der Waals surface area contributed by atoms with Gasteiger partial charge in [-0.15, -0.1) is 0 Å². The number of hydrogen-bond donors (Lipinski definition) is 2. The summed E-state index contributed by atoms with van der Waals surface area (Å²) >= 11 is 0. The SMILES string of the molecule is CCC/C=C1\C(C2CN2)=C2CCN(CCc3ccccc3)CC2=C(N2CCNCC2)N1c1ccccc1C. The molecule has 5 nitrogen and oxygen atoms in total. The van der Waals surface area contributed by atoms with Crippen LogP contribution in [-0.2, 0) is 6.42 Å². The van der Waals surface area contributed by atoms with Crippen LogP contribution in [-0.4, -0.2) is 68.2 Å². The topological polar surface area (TPSA) is 43.7 Å². The van der Waals surface area contributed by atoms with Gasteiger partial charge in [0.15, 0.2) is 0 Å². The van der Waals surface area contributed by atoms with E-state index in [2.05, 4.69) is 99.9 Å². The molecule has 1 unspecified atom stereocenters. The zero-order valence-electron chi connectivity index (χ0n) is 23.2. The highest BCUT2D eigenvalue weighted by Crippen LogP contribution is 2.46. The van der Waals surface area contributed by atoms with E-state index in [0.29, 0.717) is 6.04 Å². The average Bonchev–Trinajstić information content (AvgIpc) is 3.81. The van der Waals surface area contributed by atoms with Crippen LogP contribution in [0.15, 0.2) is 88.9 Å². The first-order valence-corrected chi connectivity index (χ1v) is 14.7. The van der Waals surface area contributed by atoms with Crippen molar-refractivity contribution in [3.05, 3.63) is 100 Å². The van der Waals surface area contributed by atoms with Crippen LogP contribution in [0.25, 0.3) is 0 Å². The maximum Gasteiger partial charge on any atom is 0.118 e. The van der Waals surface area contributed by atoms with Gasteiger partial charge in [0.2, 0.25) is 0 Å². The van der Waals surface area contributed by atoms with E-state index in [4.69, 9.17) is 0 Å². The van der Waals surface area contributed by atoms with Crippen LogP contribution in [0.4, 0.5) is 5.69 Å². The van der Waals surface area contributed by atoms with Crippen LogP contribution in [0.3, 0.4) is 0 Å². The molecule has 200 valence electrons. The largest absolute Gasteiger partial charge is 0.355 e. The summed E-state index contributed by atoms with van der Waals surface area (Å²) < 4.78 is 0. The van der Waals surface area contributed by atoms with E-state index in [9.17, 15) is 0 Å². The summed E-state index contributed by atoms with van der Waals surface area (Å²) in [5.41, 5.74) is 10.3. The lowest BCUT2D eigenvalue weighted by molar-refractivity contribution is 0.262. The molecular weight excluding hydrogens is 466 g/mol. The monoisotopic (exact) mass is 509 g/mol. The van der Waals surface area contributed by atoms with Crippen LogP contribution in [0.5, 0.6) is 0 Å². The quantitative estimate of drug-likeness (QED) is 0.499. The third kappa shape index (κ3) is 5.20. The van der Waals surface area contributed by atoms with E-state index in [1.165, 1.54) is 34.8 Å². The molecule has 0 radical (unpaired) electrons. The molecule has 1 atom stereocenters. The van der Waals surface area contributed by atoms with Crippen molar-refractivity contribution < 1.29 is 0 Å². The fraction of sp³-hybridized carbons (Fsp3) is 0.455. The molecule has 2 aromatic carbocycles. The summed E-state index contributed by atoms with van der Waals surface area (Å²) in [5, 5.41) is 7.29. The van der Waals surface area contributed by atoms with E-state index in [1.807, 2.05) is 0 Å². The molecule has 0 aromatic heterocycles. The number of unbranched alkanes of at least 4 members (excludes halogenated alkanes) is 1. The number of nitrogens with zero attached hydrogens (tertiary/aromatic N) is 3. The normalized spacial score (nSPS) is 23.3. The minimum atomic E-state index is 0.482. The van der Waals surface area contributed by atoms with Crippen molar-refractivity contribution in [1.29, 1.82) is 0 Å². The maximum atomic E-state index is 3.70. The number of benzene rings is 2. The molecule has 0 bridgehead atoms. The molecule has 3 saturated heterocycles. The number of aryl methyl sites for hydroxylation is 1. The highest BCUT2D eigenvalue weighted by atomic mass is 15.4. The number of anilines is 1. The Labute approximate surface area is 228 Å². The molecule has 2 aromatic rings.